The first kappa shape index (κ1) is 19.2. The van der Waals surface area contributed by atoms with Crippen molar-refractivity contribution >= 4 is 33.5 Å². The fourth-order valence-electron chi connectivity index (χ4n) is 2.90. The molecule has 3 rings (SSSR count). The van der Waals surface area contributed by atoms with Crippen LogP contribution in [0.5, 0.6) is 0 Å². The lowest BCUT2D eigenvalue weighted by Crippen LogP contribution is -2.37. The van der Waals surface area contributed by atoms with Gasteiger partial charge in [-0.25, -0.2) is 9.97 Å². The maximum atomic E-state index is 4.62. The topological polar surface area (TPSA) is 70.4 Å². The zero-order valence-electron chi connectivity index (χ0n) is 16.4. The molecular weight excluding hydrogens is 358 g/mol. The summed E-state index contributed by atoms with van der Waals surface area (Å²) >= 11 is 1.64. The molecule has 8 heteroatoms. The molecule has 0 saturated carbocycles. The molecule has 0 bridgehead atoms. The van der Waals surface area contributed by atoms with E-state index in [0.29, 0.717) is 6.54 Å². The molecule has 0 unspecified atom stereocenters. The smallest absolute Gasteiger partial charge is 0.191 e. The van der Waals surface area contributed by atoms with Crippen LogP contribution < -0.4 is 15.5 Å². The summed E-state index contributed by atoms with van der Waals surface area (Å²) in [4.78, 5) is 15.5. The van der Waals surface area contributed by atoms with Gasteiger partial charge in [-0.15, -0.1) is 11.3 Å². The Labute approximate surface area is 164 Å². The van der Waals surface area contributed by atoms with Crippen LogP contribution in [0.1, 0.15) is 17.9 Å². The van der Waals surface area contributed by atoms with E-state index in [1.165, 1.54) is 5.52 Å². The number of guanidine groups is 1. The normalized spacial score (nSPS) is 11.8. The van der Waals surface area contributed by atoms with E-state index in [1.54, 1.807) is 18.4 Å². The Hall–Kier alpha value is -2.61. The third-order valence-corrected chi connectivity index (χ3v) is 5.34. The summed E-state index contributed by atoms with van der Waals surface area (Å²) in [5.41, 5.74) is 3.27. The largest absolute Gasteiger partial charge is 0.356 e. The number of hydrogen-bond donors (Lipinski definition) is 2. The number of imidazole rings is 1. The van der Waals surface area contributed by atoms with Crippen molar-refractivity contribution in [3.05, 3.63) is 41.2 Å². The molecule has 0 amide bonds. The highest BCUT2D eigenvalue weighted by molar-refractivity contribution is 7.13. The van der Waals surface area contributed by atoms with Crippen LogP contribution in [0.4, 0.5) is 5.13 Å². The minimum absolute atomic E-state index is 0.662. The average Bonchev–Trinajstić information content (AvgIpc) is 3.25. The number of para-hydroxylation sites is 2. The maximum Gasteiger partial charge on any atom is 0.191 e. The van der Waals surface area contributed by atoms with E-state index < -0.39 is 0 Å². The molecule has 2 aromatic heterocycles. The third kappa shape index (κ3) is 4.77. The van der Waals surface area contributed by atoms with Crippen LogP contribution in [0.25, 0.3) is 11.0 Å². The van der Waals surface area contributed by atoms with E-state index >= 15 is 0 Å². The molecule has 7 nitrogen and oxygen atoms in total. The number of aromatic nitrogens is 3. The Balaban J connectivity index is 1.46. The van der Waals surface area contributed by atoms with Crippen LogP contribution in [-0.2, 0) is 13.1 Å². The maximum absolute atomic E-state index is 4.62. The first-order valence-electron chi connectivity index (χ1n) is 9.06. The lowest BCUT2D eigenvalue weighted by atomic mass is 10.3. The second kappa shape index (κ2) is 8.85. The molecule has 3 aromatic rings. The van der Waals surface area contributed by atoms with Gasteiger partial charge >= 0.3 is 0 Å². The van der Waals surface area contributed by atoms with Crippen LogP contribution >= 0.6 is 11.3 Å². The van der Waals surface area contributed by atoms with Crippen LogP contribution in [-0.4, -0.2) is 48.2 Å². The second-order valence-electron chi connectivity index (χ2n) is 6.52. The third-order valence-electron chi connectivity index (χ3n) is 4.28. The SMILES string of the molecule is CN=C(NCCCn1c(C)nc2ccccc21)NCc1csc(N(C)C)n1. The van der Waals surface area contributed by atoms with E-state index in [0.717, 1.165) is 47.6 Å². The van der Waals surface area contributed by atoms with Gasteiger partial charge in [0.2, 0.25) is 0 Å². The molecule has 2 N–H and O–H groups in total. The summed E-state index contributed by atoms with van der Waals surface area (Å²) in [6.07, 6.45) is 0.989. The van der Waals surface area contributed by atoms with Crippen molar-refractivity contribution in [3.8, 4) is 0 Å². The van der Waals surface area contributed by atoms with Crippen molar-refractivity contribution in [1.29, 1.82) is 0 Å². The highest BCUT2D eigenvalue weighted by atomic mass is 32.1. The van der Waals surface area contributed by atoms with Gasteiger partial charge in [0, 0.05) is 39.6 Å². The standard InChI is InChI=1S/C19H27N7S/c1-14-23-16-8-5-6-9-17(16)26(14)11-7-10-21-18(20-2)22-12-15-13-27-19(24-15)25(3)4/h5-6,8-9,13H,7,10-12H2,1-4H3,(H2,20,21,22). The summed E-state index contributed by atoms with van der Waals surface area (Å²) in [6, 6.07) is 8.27. The average molecular weight is 386 g/mol. The van der Waals surface area contributed by atoms with Gasteiger partial charge < -0.3 is 20.1 Å². The van der Waals surface area contributed by atoms with Crippen LogP contribution in [0.15, 0.2) is 34.6 Å². The summed E-state index contributed by atoms with van der Waals surface area (Å²) < 4.78 is 2.27. The molecule has 0 saturated heterocycles. The first-order valence-corrected chi connectivity index (χ1v) is 9.94. The van der Waals surface area contributed by atoms with Crippen LogP contribution in [0.3, 0.4) is 0 Å². The minimum Gasteiger partial charge on any atom is -0.356 e. The van der Waals surface area contributed by atoms with Crippen molar-refractivity contribution in [2.45, 2.75) is 26.4 Å². The van der Waals surface area contributed by atoms with Gasteiger partial charge in [-0.3, -0.25) is 4.99 Å². The van der Waals surface area contributed by atoms with E-state index in [2.05, 4.69) is 60.7 Å². The Bertz CT molecular complexity index is 910. The summed E-state index contributed by atoms with van der Waals surface area (Å²) in [7, 11) is 5.79. The number of fused-ring (bicyclic) bond motifs is 1. The fraction of sp³-hybridized carbons (Fsp3) is 0.421. The predicted octanol–water partition coefficient (Wildman–Crippen LogP) is 2.62. The number of aliphatic imine (C=N–C) groups is 1. The van der Waals surface area contributed by atoms with Gasteiger partial charge in [0.25, 0.3) is 0 Å². The molecule has 0 spiro atoms. The van der Waals surface area contributed by atoms with E-state index in [-0.39, 0.29) is 0 Å². The number of nitrogens with one attached hydrogen (secondary N) is 2. The van der Waals surface area contributed by atoms with Gasteiger partial charge in [-0.05, 0) is 25.5 Å². The molecule has 144 valence electrons. The highest BCUT2D eigenvalue weighted by Crippen LogP contribution is 2.17. The molecule has 1 aromatic carbocycles. The molecule has 0 radical (unpaired) electrons. The van der Waals surface area contributed by atoms with Crippen molar-refractivity contribution in [1.82, 2.24) is 25.2 Å². The van der Waals surface area contributed by atoms with Crippen LogP contribution in [0, 0.1) is 6.92 Å². The number of benzene rings is 1. The van der Waals surface area contributed by atoms with Gasteiger partial charge in [0.15, 0.2) is 11.1 Å². The van der Waals surface area contributed by atoms with Crippen LogP contribution in [0.2, 0.25) is 0 Å². The number of aryl methyl sites for hydroxylation is 2. The molecular formula is C19H27N7S. The molecule has 0 aliphatic carbocycles. The van der Waals surface area contributed by atoms with E-state index in [4.69, 9.17) is 0 Å². The molecule has 0 atom stereocenters. The van der Waals surface area contributed by atoms with E-state index in [9.17, 15) is 0 Å². The summed E-state index contributed by atoms with van der Waals surface area (Å²) in [5.74, 6) is 1.85. The molecule has 0 aliphatic rings. The van der Waals surface area contributed by atoms with Gasteiger partial charge in [0.05, 0.1) is 23.3 Å². The Kier molecular flexibility index (Phi) is 6.28. The quantitative estimate of drug-likeness (QED) is 0.372. The summed E-state index contributed by atoms with van der Waals surface area (Å²) in [5, 5.41) is 9.77. The molecule has 0 aliphatic heterocycles. The predicted molar refractivity (Wildman–Crippen MR) is 114 cm³/mol. The van der Waals surface area contributed by atoms with Crippen molar-refractivity contribution < 1.29 is 0 Å². The second-order valence-corrected chi connectivity index (χ2v) is 7.36. The highest BCUT2D eigenvalue weighted by Gasteiger charge is 2.07. The lowest BCUT2D eigenvalue weighted by Gasteiger charge is -2.12. The first-order chi connectivity index (χ1) is 13.1. The Morgan fingerprint density at radius 2 is 2.04 bits per heavy atom. The molecule has 2 heterocycles. The molecule has 27 heavy (non-hydrogen) atoms. The number of hydrogen-bond acceptors (Lipinski definition) is 5. The number of nitrogens with zero attached hydrogens (tertiary/aromatic N) is 5. The monoisotopic (exact) mass is 385 g/mol. The Morgan fingerprint density at radius 1 is 1.22 bits per heavy atom. The number of rotatable bonds is 7. The number of anilines is 1. The summed E-state index contributed by atoms with van der Waals surface area (Å²) in [6.45, 7) is 4.49. The van der Waals surface area contributed by atoms with Gasteiger partial charge in [-0.1, -0.05) is 12.1 Å². The van der Waals surface area contributed by atoms with Gasteiger partial charge in [0.1, 0.15) is 5.82 Å². The van der Waals surface area contributed by atoms with Crippen molar-refractivity contribution in [3.63, 3.8) is 0 Å². The zero-order chi connectivity index (χ0) is 19.2. The van der Waals surface area contributed by atoms with Gasteiger partial charge in [-0.2, -0.15) is 0 Å². The van der Waals surface area contributed by atoms with Crippen molar-refractivity contribution in [2.24, 2.45) is 4.99 Å². The lowest BCUT2D eigenvalue weighted by molar-refractivity contribution is 0.624. The Morgan fingerprint density at radius 3 is 2.78 bits per heavy atom. The number of thiazole rings is 1. The fourth-order valence-corrected chi connectivity index (χ4v) is 3.66. The zero-order valence-corrected chi connectivity index (χ0v) is 17.2. The van der Waals surface area contributed by atoms with Crippen molar-refractivity contribution in [2.75, 3.05) is 32.6 Å². The minimum atomic E-state index is 0.662. The van der Waals surface area contributed by atoms with E-state index in [1.807, 2.05) is 25.1 Å². The molecule has 0 fully saturated rings.